The third kappa shape index (κ3) is 2.80. The van der Waals surface area contributed by atoms with E-state index in [1.54, 1.807) is 11.9 Å². The van der Waals surface area contributed by atoms with Gasteiger partial charge in [-0.15, -0.1) is 0 Å². The molecule has 1 N–H and O–H groups in total. The molecule has 0 bridgehead atoms. The fourth-order valence-corrected chi connectivity index (χ4v) is 3.45. The molecule has 4 nitrogen and oxygen atoms in total. The van der Waals surface area contributed by atoms with E-state index in [-0.39, 0.29) is 17.9 Å². The summed E-state index contributed by atoms with van der Waals surface area (Å²) in [6.45, 7) is 0. The lowest BCUT2D eigenvalue weighted by Gasteiger charge is -2.35. The van der Waals surface area contributed by atoms with Crippen LogP contribution in [0.15, 0.2) is 24.3 Å². The number of nitrogens with zero attached hydrogens (tertiary/aromatic N) is 1. The molecule has 0 radical (unpaired) electrons. The molecule has 1 fully saturated rings. The zero-order chi connectivity index (χ0) is 14.8. The molecule has 1 aliphatic heterocycles. The number of carbonyl (C=O) groups is 2. The van der Waals surface area contributed by atoms with Gasteiger partial charge in [-0.05, 0) is 24.0 Å². The van der Waals surface area contributed by atoms with Crippen LogP contribution in [0.4, 0.5) is 0 Å². The summed E-state index contributed by atoms with van der Waals surface area (Å²) in [5.74, 6) is -0.0256. The van der Waals surface area contributed by atoms with Crippen molar-refractivity contribution in [1.29, 1.82) is 0 Å². The zero-order valence-electron chi connectivity index (χ0n) is 12.5. The van der Waals surface area contributed by atoms with Crippen molar-refractivity contribution in [2.45, 2.75) is 50.6 Å². The number of rotatable bonds is 2. The largest absolute Gasteiger partial charge is 0.351 e. The lowest BCUT2D eigenvalue weighted by molar-refractivity contribution is -0.140. The molecule has 0 spiro atoms. The Morgan fingerprint density at radius 1 is 1.19 bits per heavy atom. The molecule has 1 aromatic carbocycles. The van der Waals surface area contributed by atoms with Crippen LogP contribution in [0.5, 0.6) is 0 Å². The Morgan fingerprint density at radius 3 is 2.67 bits per heavy atom. The predicted molar refractivity (Wildman–Crippen MR) is 80.7 cm³/mol. The van der Waals surface area contributed by atoms with E-state index in [1.165, 1.54) is 19.3 Å². The number of hydrogen-bond acceptors (Lipinski definition) is 2. The van der Waals surface area contributed by atoms with Crippen molar-refractivity contribution in [3.63, 3.8) is 0 Å². The van der Waals surface area contributed by atoms with Gasteiger partial charge in [0.05, 0.1) is 6.42 Å². The minimum Gasteiger partial charge on any atom is -0.351 e. The number of benzene rings is 1. The van der Waals surface area contributed by atoms with E-state index in [9.17, 15) is 9.59 Å². The highest BCUT2D eigenvalue weighted by Crippen LogP contribution is 2.30. The number of amides is 2. The van der Waals surface area contributed by atoms with E-state index in [4.69, 9.17) is 0 Å². The first-order valence-corrected chi connectivity index (χ1v) is 7.80. The van der Waals surface area contributed by atoms with Gasteiger partial charge < -0.3 is 10.2 Å². The second-order valence-corrected chi connectivity index (χ2v) is 6.13. The van der Waals surface area contributed by atoms with Gasteiger partial charge in [0.1, 0.15) is 6.04 Å². The van der Waals surface area contributed by atoms with Crippen molar-refractivity contribution >= 4 is 11.8 Å². The lowest BCUT2D eigenvalue weighted by atomic mass is 9.91. The van der Waals surface area contributed by atoms with E-state index < -0.39 is 6.04 Å². The van der Waals surface area contributed by atoms with Gasteiger partial charge in [-0.1, -0.05) is 43.5 Å². The van der Waals surface area contributed by atoms with Crippen LogP contribution in [0.1, 0.15) is 49.3 Å². The third-order valence-corrected chi connectivity index (χ3v) is 4.67. The Hall–Kier alpha value is -1.84. The van der Waals surface area contributed by atoms with Crippen molar-refractivity contribution < 1.29 is 9.59 Å². The molecule has 112 valence electrons. The molecule has 0 saturated heterocycles. The van der Waals surface area contributed by atoms with E-state index in [1.807, 2.05) is 24.3 Å². The summed E-state index contributed by atoms with van der Waals surface area (Å²) in [7, 11) is 1.73. The molecule has 1 atom stereocenters. The minimum absolute atomic E-state index is 0.0116. The standard InChI is InChI=1S/C17H22N2O2/c1-19-15(20)11-12-7-5-6-10-14(12)16(19)17(21)18-13-8-3-2-4-9-13/h5-7,10,13,16H,2-4,8-9,11H2,1H3,(H,18,21)/t16-/m0/s1. The molecule has 1 saturated carbocycles. The Bertz CT molecular complexity index is 549. The molecule has 1 aliphatic carbocycles. The first-order chi connectivity index (χ1) is 10.2. The molecule has 4 heteroatoms. The summed E-state index contributed by atoms with van der Waals surface area (Å²) in [6.07, 6.45) is 6.12. The van der Waals surface area contributed by atoms with Crippen LogP contribution in [-0.2, 0) is 16.0 Å². The number of likely N-dealkylation sites (N-methyl/N-ethyl adjacent to an activating group) is 1. The van der Waals surface area contributed by atoms with Gasteiger partial charge in [0.25, 0.3) is 0 Å². The minimum atomic E-state index is -0.482. The highest BCUT2D eigenvalue weighted by molar-refractivity contribution is 5.92. The van der Waals surface area contributed by atoms with Gasteiger partial charge in [0, 0.05) is 13.1 Å². The van der Waals surface area contributed by atoms with Crippen LogP contribution in [-0.4, -0.2) is 29.8 Å². The Balaban J connectivity index is 1.82. The average molecular weight is 286 g/mol. The zero-order valence-corrected chi connectivity index (χ0v) is 12.5. The average Bonchev–Trinajstić information content (AvgIpc) is 2.49. The number of hydrogen-bond donors (Lipinski definition) is 1. The number of nitrogens with one attached hydrogen (secondary N) is 1. The first-order valence-electron chi connectivity index (χ1n) is 7.80. The van der Waals surface area contributed by atoms with Crippen molar-refractivity contribution in [2.24, 2.45) is 0 Å². The second kappa shape index (κ2) is 5.88. The summed E-state index contributed by atoms with van der Waals surface area (Å²) in [5.41, 5.74) is 1.94. The van der Waals surface area contributed by atoms with Gasteiger partial charge in [-0.3, -0.25) is 9.59 Å². The van der Waals surface area contributed by atoms with E-state index in [0.717, 1.165) is 24.0 Å². The van der Waals surface area contributed by atoms with Gasteiger partial charge in [-0.2, -0.15) is 0 Å². The fraction of sp³-hybridized carbons (Fsp3) is 0.529. The molecule has 2 amide bonds. The Labute approximate surface area is 125 Å². The summed E-state index contributed by atoms with van der Waals surface area (Å²) in [4.78, 5) is 26.4. The maximum atomic E-state index is 12.7. The van der Waals surface area contributed by atoms with Crippen LogP contribution < -0.4 is 5.32 Å². The van der Waals surface area contributed by atoms with Crippen molar-refractivity contribution in [3.8, 4) is 0 Å². The van der Waals surface area contributed by atoms with E-state index >= 15 is 0 Å². The number of carbonyl (C=O) groups excluding carboxylic acids is 2. The summed E-state index contributed by atoms with van der Waals surface area (Å²) >= 11 is 0. The van der Waals surface area contributed by atoms with E-state index in [2.05, 4.69) is 5.32 Å². The molecular weight excluding hydrogens is 264 g/mol. The normalized spacial score (nSPS) is 22.8. The number of fused-ring (bicyclic) bond motifs is 1. The van der Waals surface area contributed by atoms with Crippen LogP contribution in [0.25, 0.3) is 0 Å². The topological polar surface area (TPSA) is 49.4 Å². The van der Waals surface area contributed by atoms with Gasteiger partial charge in [0.2, 0.25) is 11.8 Å². The molecule has 0 aromatic heterocycles. The summed E-state index contributed by atoms with van der Waals surface area (Å²) in [6, 6.07) is 7.55. The molecule has 2 aliphatic rings. The molecule has 3 rings (SSSR count). The monoisotopic (exact) mass is 286 g/mol. The van der Waals surface area contributed by atoms with Crippen molar-refractivity contribution in [1.82, 2.24) is 10.2 Å². The van der Waals surface area contributed by atoms with Crippen molar-refractivity contribution in [2.75, 3.05) is 7.05 Å². The lowest BCUT2D eigenvalue weighted by Crippen LogP contribution is -2.48. The van der Waals surface area contributed by atoms with Gasteiger partial charge >= 0.3 is 0 Å². The maximum absolute atomic E-state index is 12.7. The van der Waals surface area contributed by atoms with Crippen LogP contribution in [0, 0.1) is 0 Å². The van der Waals surface area contributed by atoms with E-state index in [0.29, 0.717) is 6.42 Å². The second-order valence-electron chi connectivity index (χ2n) is 6.13. The molecule has 21 heavy (non-hydrogen) atoms. The molecular formula is C17H22N2O2. The molecule has 1 heterocycles. The highest BCUT2D eigenvalue weighted by atomic mass is 16.2. The van der Waals surface area contributed by atoms with Crippen molar-refractivity contribution in [3.05, 3.63) is 35.4 Å². The molecule has 1 aromatic rings. The molecule has 0 unspecified atom stereocenters. The Morgan fingerprint density at radius 2 is 1.90 bits per heavy atom. The van der Waals surface area contributed by atoms with Crippen LogP contribution in [0.2, 0.25) is 0 Å². The highest BCUT2D eigenvalue weighted by Gasteiger charge is 2.35. The SMILES string of the molecule is CN1C(=O)Cc2ccccc2[C@H]1C(=O)NC1CCCCC1. The van der Waals surface area contributed by atoms with Gasteiger partial charge in [0.15, 0.2) is 0 Å². The first kappa shape index (κ1) is 14.1. The van der Waals surface area contributed by atoms with Gasteiger partial charge in [-0.25, -0.2) is 0 Å². The summed E-state index contributed by atoms with van der Waals surface area (Å²) < 4.78 is 0. The summed E-state index contributed by atoms with van der Waals surface area (Å²) in [5, 5.41) is 3.15. The third-order valence-electron chi connectivity index (χ3n) is 4.67. The maximum Gasteiger partial charge on any atom is 0.247 e. The Kier molecular flexibility index (Phi) is 3.95. The smallest absolute Gasteiger partial charge is 0.247 e. The van der Waals surface area contributed by atoms with Crippen LogP contribution in [0.3, 0.4) is 0 Å². The predicted octanol–water partition coefficient (Wildman–Crippen LogP) is 2.19. The van der Waals surface area contributed by atoms with Crippen LogP contribution >= 0.6 is 0 Å². The fourth-order valence-electron chi connectivity index (χ4n) is 3.45. The quantitative estimate of drug-likeness (QED) is 0.906.